The fourth-order valence-corrected chi connectivity index (χ4v) is 1.79. The molecule has 0 aliphatic heterocycles. The van der Waals surface area contributed by atoms with Gasteiger partial charge < -0.3 is 10.1 Å². The summed E-state index contributed by atoms with van der Waals surface area (Å²) in [5.41, 5.74) is 0.301. The Bertz CT molecular complexity index is 429. The second kappa shape index (κ2) is 6.18. The van der Waals surface area contributed by atoms with Gasteiger partial charge in [-0.3, -0.25) is 0 Å². The third-order valence-corrected chi connectivity index (χ3v) is 2.84. The molecule has 100 valence electrons. The third kappa shape index (κ3) is 5.49. The second-order valence-corrected chi connectivity index (χ2v) is 5.77. The van der Waals surface area contributed by atoms with Crippen molar-refractivity contribution in [3.8, 4) is 0 Å². The van der Waals surface area contributed by atoms with Gasteiger partial charge in [-0.25, -0.2) is 9.18 Å². The predicted molar refractivity (Wildman–Crippen MR) is 72.0 cm³/mol. The molecule has 18 heavy (non-hydrogen) atoms. The number of rotatable bonds is 3. The Morgan fingerprint density at radius 3 is 2.72 bits per heavy atom. The summed E-state index contributed by atoms with van der Waals surface area (Å²) >= 11 is 3.34. The van der Waals surface area contributed by atoms with Crippen molar-refractivity contribution in [2.24, 2.45) is 0 Å². The lowest BCUT2D eigenvalue weighted by atomic mass is 10.1. The Kier molecular flexibility index (Phi) is 5.14. The maximum absolute atomic E-state index is 13.0. The van der Waals surface area contributed by atoms with E-state index in [-0.39, 0.29) is 5.82 Å². The topological polar surface area (TPSA) is 38.3 Å². The van der Waals surface area contributed by atoms with Crippen LogP contribution in [-0.2, 0) is 11.2 Å². The SMILES string of the molecule is CC(C)(C)OC(=O)NCCc1cc(F)ccc1Br. The number of carbonyl (C=O) groups excluding carboxylic acids is 1. The molecule has 0 unspecified atom stereocenters. The van der Waals surface area contributed by atoms with Crippen molar-refractivity contribution in [2.75, 3.05) is 6.54 Å². The summed E-state index contributed by atoms with van der Waals surface area (Å²) in [5.74, 6) is -0.287. The van der Waals surface area contributed by atoms with E-state index in [1.54, 1.807) is 26.8 Å². The molecule has 0 heterocycles. The van der Waals surface area contributed by atoms with E-state index in [1.807, 2.05) is 0 Å². The molecule has 3 nitrogen and oxygen atoms in total. The summed E-state index contributed by atoms with van der Waals surface area (Å²) in [6, 6.07) is 4.48. The van der Waals surface area contributed by atoms with Gasteiger partial charge in [0.25, 0.3) is 0 Å². The quantitative estimate of drug-likeness (QED) is 0.924. The first-order valence-electron chi connectivity index (χ1n) is 5.69. The molecule has 0 atom stereocenters. The molecular formula is C13H17BrFNO2. The summed E-state index contributed by atoms with van der Waals surface area (Å²) in [5, 5.41) is 2.63. The van der Waals surface area contributed by atoms with E-state index in [9.17, 15) is 9.18 Å². The highest BCUT2D eigenvalue weighted by atomic mass is 79.9. The van der Waals surface area contributed by atoms with Gasteiger partial charge in [0.05, 0.1) is 0 Å². The van der Waals surface area contributed by atoms with Gasteiger partial charge in [0.15, 0.2) is 0 Å². The van der Waals surface area contributed by atoms with Crippen molar-refractivity contribution in [2.45, 2.75) is 32.8 Å². The Labute approximate surface area is 115 Å². The molecule has 0 bridgehead atoms. The van der Waals surface area contributed by atoms with Crippen LogP contribution in [0.1, 0.15) is 26.3 Å². The molecule has 0 aliphatic rings. The molecule has 0 saturated heterocycles. The zero-order chi connectivity index (χ0) is 13.8. The number of halogens is 2. The predicted octanol–water partition coefficient (Wildman–Crippen LogP) is 3.66. The molecule has 0 saturated carbocycles. The maximum Gasteiger partial charge on any atom is 0.407 e. The molecule has 0 fully saturated rings. The average Bonchev–Trinajstić information content (AvgIpc) is 2.20. The molecule has 0 aliphatic carbocycles. The number of amides is 1. The van der Waals surface area contributed by atoms with E-state index in [0.717, 1.165) is 10.0 Å². The highest BCUT2D eigenvalue weighted by Gasteiger charge is 2.15. The van der Waals surface area contributed by atoms with Crippen LogP contribution in [0.5, 0.6) is 0 Å². The Hall–Kier alpha value is -1.10. The minimum atomic E-state index is -0.510. The van der Waals surface area contributed by atoms with E-state index in [0.29, 0.717) is 13.0 Å². The number of nitrogens with one attached hydrogen (secondary N) is 1. The summed E-state index contributed by atoms with van der Waals surface area (Å²) in [6.07, 6.45) is 0.0763. The van der Waals surface area contributed by atoms with Crippen LogP contribution in [0, 0.1) is 5.82 Å². The van der Waals surface area contributed by atoms with E-state index < -0.39 is 11.7 Å². The van der Waals surface area contributed by atoms with E-state index in [2.05, 4.69) is 21.2 Å². The van der Waals surface area contributed by atoms with Crippen LogP contribution < -0.4 is 5.32 Å². The number of alkyl carbamates (subject to hydrolysis) is 1. The molecule has 5 heteroatoms. The molecule has 1 aromatic rings. The van der Waals surface area contributed by atoms with Gasteiger partial charge in [-0.2, -0.15) is 0 Å². The van der Waals surface area contributed by atoms with Gasteiger partial charge in [0.1, 0.15) is 11.4 Å². The zero-order valence-corrected chi connectivity index (χ0v) is 12.3. The van der Waals surface area contributed by atoms with Crippen molar-refractivity contribution >= 4 is 22.0 Å². The van der Waals surface area contributed by atoms with Crippen LogP contribution in [0.3, 0.4) is 0 Å². The van der Waals surface area contributed by atoms with Crippen molar-refractivity contribution in [1.82, 2.24) is 5.32 Å². The highest BCUT2D eigenvalue weighted by molar-refractivity contribution is 9.10. The molecule has 1 rings (SSSR count). The van der Waals surface area contributed by atoms with E-state index >= 15 is 0 Å². The Balaban J connectivity index is 2.42. The zero-order valence-electron chi connectivity index (χ0n) is 10.7. The molecule has 0 aromatic heterocycles. The largest absolute Gasteiger partial charge is 0.444 e. The second-order valence-electron chi connectivity index (χ2n) is 4.91. The van der Waals surface area contributed by atoms with Gasteiger partial charge in [-0.1, -0.05) is 15.9 Å². The number of benzene rings is 1. The summed E-state index contributed by atoms with van der Waals surface area (Å²) < 4.78 is 18.9. The smallest absolute Gasteiger partial charge is 0.407 e. The van der Waals surface area contributed by atoms with Gasteiger partial charge in [0.2, 0.25) is 0 Å². The lowest BCUT2D eigenvalue weighted by molar-refractivity contribution is 0.0528. The molecular weight excluding hydrogens is 301 g/mol. The standard InChI is InChI=1S/C13H17BrFNO2/c1-13(2,3)18-12(17)16-7-6-9-8-10(15)4-5-11(9)14/h4-5,8H,6-7H2,1-3H3,(H,16,17). The first-order valence-corrected chi connectivity index (χ1v) is 6.48. The van der Waals surface area contributed by atoms with Crippen LogP contribution in [0.4, 0.5) is 9.18 Å². The Morgan fingerprint density at radius 2 is 2.11 bits per heavy atom. The first kappa shape index (κ1) is 15.0. The molecule has 1 aromatic carbocycles. The molecule has 0 spiro atoms. The third-order valence-electron chi connectivity index (χ3n) is 2.07. The molecule has 1 N–H and O–H groups in total. The monoisotopic (exact) mass is 317 g/mol. The minimum absolute atomic E-state index is 0.287. The Morgan fingerprint density at radius 1 is 1.44 bits per heavy atom. The normalized spacial score (nSPS) is 11.2. The van der Waals surface area contributed by atoms with E-state index in [1.165, 1.54) is 12.1 Å². The summed E-state index contributed by atoms with van der Waals surface area (Å²) in [7, 11) is 0. The fraction of sp³-hybridized carbons (Fsp3) is 0.462. The van der Waals surface area contributed by atoms with Crippen molar-refractivity contribution in [1.29, 1.82) is 0 Å². The van der Waals surface area contributed by atoms with Crippen LogP contribution in [0.25, 0.3) is 0 Å². The number of ether oxygens (including phenoxy) is 1. The first-order chi connectivity index (χ1) is 8.28. The fourth-order valence-electron chi connectivity index (χ4n) is 1.35. The number of hydrogen-bond acceptors (Lipinski definition) is 2. The molecule has 0 radical (unpaired) electrons. The average molecular weight is 318 g/mol. The van der Waals surface area contributed by atoms with Gasteiger partial charge >= 0.3 is 6.09 Å². The maximum atomic E-state index is 13.0. The van der Waals surface area contributed by atoms with Gasteiger partial charge in [0, 0.05) is 11.0 Å². The summed E-state index contributed by atoms with van der Waals surface area (Å²) in [6.45, 7) is 5.80. The number of hydrogen-bond donors (Lipinski definition) is 1. The lowest BCUT2D eigenvalue weighted by Crippen LogP contribution is -2.33. The highest BCUT2D eigenvalue weighted by Crippen LogP contribution is 2.18. The molecule has 1 amide bonds. The number of carbonyl (C=O) groups is 1. The van der Waals surface area contributed by atoms with Crippen molar-refractivity contribution in [3.63, 3.8) is 0 Å². The van der Waals surface area contributed by atoms with Crippen LogP contribution in [0.15, 0.2) is 22.7 Å². The van der Waals surface area contributed by atoms with Crippen LogP contribution in [0.2, 0.25) is 0 Å². The minimum Gasteiger partial charge on any atom is -0.444 e. The van der Waals surface area contributed by atoms with Crippen LogP contribution in [-0.4, -0.2) is 18.2 Å². The van der Waals surface area contributed by atoms with E-state index in [4.69, 9.17) is 4.74 Å². The summed E-state index contributed by atoms with van der Waals surface area (Å²) in [4.78, 5) is 11.4. The van der Waals surface area contributed by atoms with Gasteiger partial charge in [-0.15, -0.1) is 0 Å². The van der Waals surface area contributed by atoms with Crippen molar-refractivity contribution < 1.29 is 13.9 Å². The van der Waals surface area contributed by atoms with Crippen LogP contribution >= 0.6 is 15.9 Å². The lowest BCUT2D eigenvalue weighted by Gasteiger charge is -2.19. The van der Waals surface area contributed by atoms with Crippen molar-refractivity contribution in [3.05, 3.63) is 34.1 Å². The van der Waals surface area contributed by atoms with Gasteiger partial charge in [-0.05, 0) is 51.0 Å².